The van der Waals surface area contributed by atoms with Gasteiger partial charge in [-0.3, -0.25) is 0 Å². The van der Waals surface area contributed by atoms with Crippen molar-refractivity contribution in [1.82, 2.24) is 0 Å². The molecule has 0 saturated carbocycles. The van der Waals surface area contributed by atoms with E-state index >= 15 is 0 Å². The molecule has 4 heteroatoms. The van der Waals surface area contributed by atoms with E-state index < -0.39 is 5.97 Å². The largest absolute Gasteiger partial charge is 0.545 e. The Morgan fingerprint density at radius 1 is 1.35 bits per heavy atom. The van der Waals surface area contributed by atoms with Gasteiger partial charge in [0.1, 0.15) is 0 Å². The third kappa shape index (κ3) is 2.87. The second-order valence-electron chi connectivity index (χ2n) is 3.65. The quantitative estimate of drug-likeness (QED) is 0.578. The molecule has 0 amide bonds. The van der Waals surface area contributed by atoms with E-state index in [9.17, 15) is 9.90 Å². The number of ether oxygens (including phenoxy) is 2. The number of carboxylic acids is 1. The summed E-state index contributed by atoms with van der Waals surface area (Å²) >= 11 is 0. The molecule has 0 unspecified atom stereocenters. The van der Waals surface area contributed by atoms with Gasteiger partial charge in [-0.1, -0.05) is 18.2 Å². The lowest BCUT2D eigenvalue weighted by atomic mass is 10.1. The first-order valence-electron chi connectivity index (χ1n) is 5.12. The zero-order valence-corrected chi connectivity index (χ0v) is 9.30. The molecule has 4 nitrogen and oxygen atoms in total. The summed E-state index contributed by atoms with van der Waals surface area (Å²) in [4.78, 5) is 10.3. The highest BCUT2D eigenvalue weighted by atomic mass is 16.7. The van der Waals surface area contributed by atoms with Crippen molar-refractivity contribution in [1.29, 1.82) is 0 Å². The van der Waals surface area contributed by atoms with Gasteiger partial charge < -0.3 is 19.4 Å². The van der Waals surface area contributed by atoms with Crippen molar-refractivity contribution in [3.63, 3.8) is 0 Å². The minimum absolute atomic E-state index is 0.242. The number of fused-ring (bicyclic) bond motifs is 1. The van der Waals surface area contributed by atoms with Crippen molar-refractivity contribution in [2.24, 2.45) is 0 Å². The smallest absolute Gasteiger partial charge is 0.231 e. The molecule has 1 aliphatic rings. The van der Waals surface area contributed by atoms with Crippen LogP contribution in [-0.2, 0) is 4.79 Å². The number of carbonyl (C=O) groups is 1. The third-order valence-corrected chi connectivity index (χ3v) is 2.28. The Bertz CT molecular complexity index is 500. The van der Waals surface area contributed by atoms with Crippen LogP contribution in [0.4, 0.5) is 0 Å². The maximum Gasteiger partial charge on any atom is 0.231 e. The van der Waals surface area contributed by atoms with Crippen LogP contribution in [0.1, 0.15) is 12.5 Å². The highest BCUT2D eigenvalue weighted by molar-refractivity contribution is 5.79. The second kappa shape index (κ2) is 4.74. The van der Waals surface area contributed by atoms with Crippen molar-refractivity contribution in [2.45, 2.75) is 6.92 Å². The van der Waals surface area contributed by atoms with E-state index in [0.29, 0.717) is 11.3 Å². The Balaban J connectivity index is 2.14. The Kier molecular flexibility index (Phi) is 3.14. The van der Waals surface area contributed by atoms with E-state index in [1.54, 1.807) is 19.1 Å². The number of allylic oxidation sites excluding steroid dienone is 2. The maximum atomic E-state index is 10.3. The number of hydrogen-bond donors (Lipinski definition) is 0. The Labute approximate surface area is 98.8 Å². The molecule has 1 aliphatic heterocycles. The molecule has 1 aromatic rings. The zero-order chi connectivity index (χ0) is 12.3. The van der Waals surface area contributed by atoms with Crippen LogP contribution in [0.15, 0.2) is 35.9 Å². The molecule has 17 heavy (non-hydrogen) atoms. The third-order valence-electron chi connectivity index (χ3n) is 2.28. The lowest BCUT2D eigenvalue weighted by Gasteiger charge is -1.98. The summed E-state index contributed by atoms with van der Waals surface area (Å²) in [7, 11) is 0. The van der Waals surface area contributed by atoms with Gasteiger partial charge in [0.15, 0.2) is 11.5 Å². The van der Waals surface area contributed by atoms with Crippen LogP contribution in [0, 0.1) is 0 Å². The topological polar surface area (TPSA) is 58.6 Å². The molecule has 0 spiro atoms. The number of carboxylic acid groups (broad SMARTS) is 1. The Morgan fingerprint density at radius 3 is 2.88 bits per heavy atom. The van der Waals surface area contributed by atoms with Crippen molar-refractivity contribution in [3.8, 4) is 11.5 Å². The summed E-state index contributed by atoms with van der Waals surface area (Å²) in [5, 5.41) is 10.3. The van der Waals surface area contributed by atoms with E-state index in [1.165, 1.54) is 0 Å². The van der Waals surface area contributed by atoms with Crippen LogP contribution in [0.3, 0.4) is 0 Å². The van der Waals surface area contributed by atoms with Crippen LogP contribution >= 0.6 is 0 Å². The molecule has 0 atom stereocenters. The monoisotopic (exact) mass is 231 g/mol. The predicted octanol–water partition coefficient (Wildman–Crippen LogP) is 1.12. The van der Waals surface area contributed by atoms with Gasteiger partial charge in [0, 0.05) is 0 Å². The lowest BCUT2D eigenvalue weighted by molar-refractivity contribution is -0.297. The summed E-state index contributed by atoms with van der Waals surface area (Å²) in [6.45, 7) is 1.94. The highest BCUT2D eigenvalue weighted by Gasteiger charge is 2.11. The molecule has 0 N–H and O–H groups in total. The highest BCUT2D eigenvalue weighted by Crippen LogP contribution is 2.32. The first kappa shape index (κ1) is 11.3. The van der Waals surface area contributed by atoms with Gasteiger partial charge in [0.25, 0.3) is 0 Å². The maximum absolute atomic E-state index is 10.3. The number of rotatable bonds is 3. The Morgan fingerprint density at radius 2 is 2.12 bits per heavy atom. The summed E-state index contributed by atoms with van der Waals surface area (Å²) < 4.78 is 10.4. The van der Waals surface area contributed by atoms with Crippen LogP contribution in [0.5, 0.6) is 11.5 Å². The minimum Gasteiger partial charge on any atom is -0.545 e. The number of aliphatic carboxylic acids is 1. The molecule has 0 saturated heterocycles. The lowest BCUT2D eigenvalue weighted by Crippen LogP contribution is -2.19. The van der Waals surface area contributed by atoms with E-state index in [2.05, 4.69) is 0 Å². The van der Waals surface area contributed by atoms with Gasteiger partial charge in [0.05, 0.1) is 5.97 Å². The number of hydrogen-bond acceptors (Lipinski definition) is 4. The first-order valence-corrected chi connectivity index (χ1v) is 5.12. The molecule has 0 aromatic heterocycles. The van der Waals surface area contributed by atoms with Gasteiger partial charge in [-0.05, 0) is 36.3 Å². The van der Waals surface area contributed by atoms with Crippen molar-refractivity contribution in [3.05, 3.63) is 41.5 Å². The fourth-order valence-electron chi connectivity index (χ4n) is 1.48. The summed E-state index contributed by atoms with van der Waals surface area (Å²) in [5.74, 6) is 0.232. The molecule has 1 heterocycles. The van der Waals surface area contributed by atoms with Crippen LogP contribution in [-0.4, -0.2) is 12.8 Å². The average molecular weight is 231 g/mol. The number of benzene rings is 1. The van der Waals surface area contributed by atoms with Crippen LogP contribution < -0.4 is 14.6 Å². The molecule has 0 radical (unpaired) electrons. The van der Waals surface area contributed by atoms with E-state index in [4.69, 9.17) is 9.47 Å². The molecule has 0 fully saturated rings. The summed E-state index contributed by atoms with van der Waals surface area (Å²) in [6, 6.07) is 5.53. The first-order chi connectivity index (χ1) is 8.15. The van der Waals surface area contributed by atoms with Gasteiger partial charge in [-0.2, -0.15) is 0 Å². The summed E-state index contributed by atoms with van der Waals surface area (Å²) in [6.07, 6.45) is 4.55. The normalized spacial score (nSPS) is 14.3. The van der Waals surface area contributed by atoms with Crippen LogP contribution in [0.25, 0.3) is 6.08 Å². The predicted molar refractivity (Wildman–Crippen MR) is 60.4 cm³/mol. The van der Waals surface area contributed by atoms with Crippen molar-refractivity contribution >= 4 is 12.0 Å². The van der Waals surface area contributed by atoms with Gasteiger partial charge in [-0.15, -0.1) is 0 Å². The van der Waals surface area contributed by atoms with Crippen LogP contribution in [0.2, 0.25) is 0 Å². The second-order valence-corrected chi connectivity index (χ2v) is 3.65. The average Bonchev–Trinajstić information content (AvgIpc) is 2.72. The Hall–Kier alpha value is -2.23. The number of carbonyl (C=O) groups excluding carboxylic acids is 1. The minimum atomic E-state index is -1.20. The molecule has 2 rings (SSSR count). The summed E-state index contributed by atoms with van der Waals surface area (Å²) in [5.41, 5.74) is 1.53. The molecular weight excluding hydrogens is 220 g/mol. The standard InChI is InChI=1S/C13H12O4/c1-9(6-13(14)15)2-3-10-4-5-11-12(7-10)17-8-16-11/h2-7H,8H2,1H3,(H,14,15)/p-1/b3-2+,9-6+. The fraction of sp³-hybridized carbons (Fsp3) is 0.154. The molecule has 0 aliphatic carbocycles. The van der Waals surface area contributed by atoms with Gasteiger partial charge in [0.2, 0.25) is 6.79 Å². The molecule has 1 aromatic carbocycles. The van der Waals surface area contributed by atoms with Crippen molar-refractivity contribution < 1.29 is 19.4 Å². The zero-order valence-electron chi connectivity index (χ0n) is 9.30. The van der Waals surface area contributed by atoms with Gasteiger partial charge >= 0.3 is 0 Å². The van der Waals surface area contributed by atoms with Gasteiger partial charge in [-0.25, -0.2) is 0 Å². The molecule has 0 bridgehead atoms. The molecule has 88 valence electrons. The van der Waals surface area contributed by atoms with Crippen molar-refractivity contribution in [2.75, 3.05) is 6.79 Å². The fourth-order valence-corrected chi connectivity index (χ4v) is 1.48. The molecular formula is C13H11O4-. The van der Waals surface area contributed by atoms with E-state index in [1.807, 2.05) is 18.2 Å². The van der Waals surface area contributed by atoms with E-state index in [0.717, 1.165) is 17.4 Å². The van der Waals surface area contributed by atoms with E-state index in [-0.39, 0.29) is 6.79 Å². The SMILES string of the molecule is CC(/C=C/c1ccc2c(c1)OCO2)=C\C(=O)[O-].